The van der Waals surface area contributed by atoms with E-state index in [-0.39, 0.29) is 11.4 Å². The van der Waals surface area contributed by atoms with Crippen LogP contribution in [0, 0.1) is 6.92 Å². The molecule has 0 radical (unpaired) electrons. The van der Waals surface area contributed by atoms with Crippen molar-refractivity contribution in [1.82, 2.24) is 15.3 Å². The van der Waals surface area contributed by atoms with Crippen LogP contribution in [0.3, 0.4) is 0 Å². The Morgan fingerprint density at radius 1 is 1.10 bits per heavy atom. The number of amides is 1. The van der Waals surface area contributed by atoms with Gasteiger partial charge in [-0.1, -0.05) is 30.3 Å². The molecule has 2 aromatic carbocycles. The van der Waals surface area contributed by atoms with E-state index in [1.54, 1.807) is 55.5 Å². The number of hydrogen-bond acceptors (Lipinski definition) is 7. The number of rotatable bonds is 7. The molecule has 3 rings (SSSR count). The first-order valence-electron chi connectivity index (χ1n) is 9.35. The molecule has 0 atom stereocenters. The zero-order valence-corrected chi connectivity index (χ0v) is 17.0. The number of aryl methyl sites for hydroxylation is 1. The van der Waals surface area contributed by atoms with Crippen molar-refractivity contribution >= 4 is 34.5 Å². The minimum absolute atomic E-state index is 0.0782. The van der Waals surface area contributed by atoms with E-state index in [2.05, 4.69) is 15.3 Å². The van der Waals surface area contributed by atoms with Crippen LogP contribution in [0.2, 0.25) is 0 Å². The number of aromatic nitrogens is 2. The van der Waals surface area contributed by atoms with E-state index in [1.807, 2.05) is 0 Å². The number of nitrogens with one attached hydrogen (secondary N) is 2. The standard InChI is InChI=1S/C22H21N3O6/c1-13-7-3-4-8-14(13)21(28)23-11-18(27)31-12-17(26)19(22(29)30-2)20-24-15-9-5-6-10-16(15)25-20/h3-10,26H,11-12H2,1-2H3,(H,23,28)(H,24,25)/b19-17+. The molecule has 0 fully saturated rings. The number of para-hydroxylation sites is 2. The number of carbonyl (C=O) groups is 3. The van der Waals surface area contributed by atoms with Crippen molar-refractivity contribution in [3.05, 3.63) is 71.2 Å². The third-order valence-corrected chi connectivity index (χ3v) is 4.46. The van der Waals surface area contributed by atoms with Gasteiger partial charge < -0.3 is 24.9 Å². The molecule has 3 N–H and O–H groups in total. The molecule has 31 heavy (non-hydrogen) atoms. The van der Waals surface area contributed by atoms with E-state index >= 15 is 0 Å². The number of benzene rings is 2. The lowest BCUT2D eigenvalue weighted by Gasteiger charge is -2.09. The zero-order chi connectivity index (χ0) is 22.4. The number of fused-ring (bicyclic) bond motifs is 1. The molecule has 3 aromatic rings. The lowest BCUT2D eigenvalue weighted by molar-refractivity contribution is -0.142. The summed E-state index contributed by atoms with van der Waals surface area (Å²) in [5.41, 5.74) is 2.19. The van der Waals surface area contributed by atoms with Crippen LogP contribution < -0.4 is 5.32 Å². The van der Waals surface area contributed by atoms with E-state index in [4.69, 9.17) is 9.47 Å². The largest absolute Gasteiger partial charge is 0.508 e. The van der Waals surface area contributed by atoms with Gasteiger partial charge in [-0.3, -0.25) is 9.59 Å². The Bertz CT molecular complexity index is 1130. The molecule has 0 unspecified atom stereocenters. The Labute approximate surface area is 177 Å². The highest BCUT2D eigenvalue weighted by atomic mass is 16.5. The topological polar surface area (TPSA) is 131 Å². The third-order valence-electron chi connectivity index (χ3n) is 4.46. The zero-order valence-electron chi connectivity index (χ0n) is 17.0. The second-order valence-corrected chi connectivity index (χ2v) is 6.57. The maximum Gasteiger partial charge on any atom is 0.345 e. The van der Waals surface area contributed by atoms with Crippen molar-refractivity contribution < 1.29 is 29.0 Å². The summed E-state index contributed by atoms with van der Waals surface area (Å²) in [5.74, 6) is -2.52. The molecular weight excluding hydrogens is 402 g/mol. The summed E-state index contributed by atoms with van der Waals surface area (Å²) in [6, 6.07) is 14.0. The molecule has 1 heterocycles. The van der Waals surface area contributed by atoms with Crippen LogP contribution >= 0.6 is 0 Å². The summed E-state index contributed by atoms with van der Waals surface area (Å²) in [7, 11) is 1.16. The molecule has 160 valence electrons. The van der Waals surface area contributed by atoms with Crippen molar-refractivity contribution in [2.75, 3.05) is 20.3 Å². The molecular formula is C22H21N3O6. The van der Waals surface area contributed by atoms with Gasteiger partial charge in [0.1, 0.15) is 30.3 Å². The molecule has 0 aliphatic rings. The average Bonchev–Trinajstić information content (AvgIpc) is 3.19. The predicted molar refractivity (Wildman–Crippen MR) is 112 cm³/mol. The molecule has 1 amide bonds. The number of H-pyrrole nitrogens is 1. The average molecular weight is 423 g/mol. The number of hydrogen-bond donors (Lipinski definition) is 3. The molecule has 0 saturated heterocycles. The van der Waals surface area contributed by atoms with Crippen LogP contribution in [0.25, 0.3) is 16.6 Å². The number of aromatic amines is 1. The summed E-state index contributed by atoms with van der Waals surface area (Å²) < 4.78 is 9.70. The van der Waals surface area contributed by atoms with Gasteiger partial charge in [0.2, 0.25) is 0 Å². The fourth-order valence-corrected chi connectivity index (χ4v) is 2.87. The minimum Gasteiger partial charge on any atom is -0.508 e. The van der Waals surface area contributed by atoms with Crippen LogP contribution in [-0.4, -0.2) is 53.2 Å². The van der Waals surface area contributed by atoms with Gasteiger partial charge in [-0.15, -0.1) is 0 Å². The van der Waals surface area contributed by atoms with Crippen LogP contribution in [0.1, 0.15) is 21.7 Å². The van der Waals surface area contributed by atoms with Gasteiger partial charge in [0.05, 0.1) is 18.1 Å². The molecule has 0 aliphatic heterocycles. The van der Waals surface area contributed by atoms with Crippen molar-refractivity contribution in [2.24, 2.45) is 0 Å². The van der Waals surface area contributed by atoms with Crippen molar-refractivity contribution in [3.63, 3.8) is 0 Å². The number of aliphatic hydroxyl groups is 1. The Balaban J connectivity index is 1.67. The van der Waals surface area contributed by atoms with E-state index < -0.39 is 36.8 Å². The first kappa shape index (κ1) is 21.6. The summed E-state index contributed by atoms with van der Waals surface area (Å²) in [5, 5.41) is 12.8. The van der Waals surface area contributed by atoms with Gasteiger partial charge in [0.15, 0.2) is 0 Å². The fourth-order valence-electron chi connectivity index (χ4n) is 2.87. The lowest BCUT2D eigenvalue weighted by Crippen LogP contribution is -2.31. The molecule has 9 nitrogen and oxygen atoms in total. The maximum atomic E-state index is 12.2. The van der Waals surface area contributed by atoms with E-state index in [9.17, 15) is 19.5 Å². The normalized spacial score (nSPS) is 11.5. The minimum atomic E-state index is -0.847. The van der Waals surface area contributed by atoms with Crippen LogP contribution in [0.15, 0.2) is 54.3 Å². The van der Waals surface area contributed by atoms with Crippen LogP contribution in [0.5, 0.6) is 0 Å². The third kappa shape index (κ3) is 5.08. The van der Waals surface area contributed by atoms with Gasteiger partial charge in [0, 0.05) is 5.56 Å². The molecule has 0 bridgehead atoms. The lowest BCUT2D eigenvalue weighted by atomic mass is 10.1. The second kappa shape index (κ2) is 9.57. The number of aliphatic hydroxyl groups excluding tert-OH is 1. The molecule has 1 aromatic heterocycles. The van der Waals surface area contributed by atoms with Gasteiger partial charge in [0.25, 0.3) is 5.91 Å². The number of nitrogens with zero attached hydrogens (tertiary/aromatic N) is 1. The maximum absolute atomic E-state index is 12.2. The summed E-state index contributed by atoms with van der Waals surface area (Å²) >= 11 is 0. The van der Waals surface area contributed by atoms with E-state index in [0.717, 1.165) is 12.7 Å². The Morgan fingerprint density at radius 2 is 1.81 bits per heavy atom. The second-order valence-electron chi connectivity index (χ2n) is 6.57. The number of esters is 2. The quantitative estimate of drug-likeness (QED) is 0.302. The summed E-state index contributed by atoms with van der Waals surface area (Å²) in [4.78, 5) is 43.5. The molecule has 0 spiro atoms. The SMILES string of the molecule is COC(=O)/C(=C(/O)COC(=O)CNC(=O)c1ccccc1C)c1nc2ccccc2[nH]1. The number of carbonyl (C=O) groups excluding carboxylic acids is 3. The molecule has 0 saturated carbocycles. The Kier molecular flexibility index (Phi) is 6.66. The van der Waals surface area contributed by atoms with Gasteiger partial charge in [-0.25, -0.2) is 9.78 Å². The number of ether oxygens (including phenoxy) is 2. The predicted octanol–water partition coefficient (Wildman–Crippen LogP) is 2.29. The first-order valence-corrected chi connectivity index (χ1v) is 9.35. The summed E-state index contributed by atoms with van der Waals surface area (Å²) in [6.07, 6.45) is 0. The smallest absolute Gasteiger partial charge is 0.345 e. The highest BCUT2D eigenvalue weighted by Gasteiger charge is 2.23. The molecule has 9 heteroatoms. The van der Waals surface area contributed by atoms with Crippen molar-refractivity contribution in [2.45, 2.75) is 6.92 Å². The number of imidazole rings is 1. The van der Waals surface area contributed by atoms with Gasteiger partial charge in [-0.2, -0.15) is 0 Å². The first-order chi connectivity index (χ1) is 14.9. The highest BCUT2D eigenvalue weighted by Crippen LogP contribution is 2.20. The number of methoxy groups -OCH3 is 1. The summed E-state index contributed by atoms with van der Waals surface area (Å²) in [6.45, 7) is 0.779. The Hall–Kier alpha value is -4.14. The van der Waals surface area contributed by atoms with Crippen molar-refractivity contribution in [1.29, 1.82) is 0 Å². The van der Waals surface area contributed by atoms with E-state index in [0.29, 0.717) is 16.6 Å². The monoisotopic (exact) mass is 423 g/mol. The highest BCUT2D eigenvalue weighted by molar-refractivity contribution is 6.16. The van der Waals surface area contributed by atoms with Gasteiger partial charge in [-0.05, 0) is 30.7 Å². The van der Waals surface area contributed by atoms with Crippen LogP contribution in [0.4, 0.5) is 0 Å². The van der Waals surface area contributed by atoms with E-state index in [1.165, 1.54) is 0 Å². The Morgan fingerprint density at radius 3 is 2.52 bits per heavy atom. The van der Waals surface area contributed by atoms with Gasteiger partial charge >= 0.3 is 11.9 Å². The molecule has 0 aliphatic carbocycles. The fraction of sp³-hybridized carbons (Fsp3) is 0.182. The van der Waals surface area contributed by atoms with Crippen LogP contribution in [-0.2, 0) is 19.1 Å². The van der Waals surface area contributed by atoms with Crippen molar-refractivity contribution in [3.8, 4) is 0 Å².